The first-order valence-electron chi connectivity index (χ1n) is 6.86. The zero-order valence-corrected chi connectivity index (χ0v) is 12.5. The van der Waals surface area contributed by atoms with Gasteiger partial charge in [-0.1, -0.05) is 5.16 Å². The molecular formula is C13H18N4O2S. The molecule has 2 aromatic rings. The van der Waals surface area contributed by atoms with E-state index >= 15 is 0 Å². The molecule has 0 radical (unpaired) electrons. The number of nitrogen functional groups attached to an aromatic ring is 1. The van der Waals surface area contributed by atoms with E-state index in [0.29, 0.717) is 23.3 Å². The maximum absolute atomic E-state index is 5.94. The van der Waals surface area contributed by atoms with Crippen molar-refractivity contribution in [2.75, 3.05) is 12.3 Å². The molecule has 1 aliphatic carbocycles. The molecule has 0 bridgehead atoms. The molecule has 2 heterocycles. The van der Waals surface area contributed by atoms with Gasteiger partial charge in [0.2, 0.25) is 5.82 Å². The van der Waals surface area contributed by atoms with E-state index in [1.165, 1.54) is 11.5 Å². The van der Waals surface area contributed by atoms with Crippen molar-refractivity contribution in [1.82, 2.24) is 14.5 Å². The maximum atomic E-state index is 5.94. The van der Waals surface area contributed by atoms with Crippen LogP contribution < -0.4 is 5.73 Å². The lowest BCUT2D eigenvalue weighted by Crippen LogP contribution is -2.27. The Bertz CT molecular complexity index is 582. The van der Waals surface area contributed by atoms with E-state index in [1.54, 1.807) is 0 Å². The number of rotatable bonds is 4. The van der Waals surface area contributed by atoms with E-state index < -0.39 is 0 Å². The van der Waals surface area contributed by atoms with Crippen molar-refractivity contribution in [2.45, 2.75) is 45.1 Å². The molecule has 0 atom stereocenters. The highest BCUT2D eigenvalue weighted by atomic mass is 32.1. The van der Waals surface area contributed by atoms with Crippen LogP contribution in [0.25, 0.3) is 11.5 Å². The van der Waals surface area contributed by atoms with Crippen molar-refractivity contribution < 1.29 is 9.26 Å². The number of nitrogens with zero attached hydrogens (tertiary/aromatic N) is 3. The van der Waals surface area contributed by atoms with Gasteiger partial charge < -0.3 is 15.0 Å². The molecule has 0 aromatic carbocycles. The molecule has 0 aliphatic heterocycles. The van der Waals surface area contributed by atoms with E-state index in [9.17, 15) is 0 Å². The molecule has 7 heteroatoms. The molecule has 6 nitrogen and oxygen atoms in total. The summed E-state index contributed by atoms with van der Waals surface area (Å²) in [5.41, 5.74) is 7.11. The fraction of sp³-hybridized carbons (Fsp3) is 0.615. The fourth-order valence-corrected chi connectivity index (χ4v) is 3.47. The lowest BCUT2D eigenvalue weighted by atomic mass is 10.0. The minimum absolute atomic E-state index is 0.386. The summed E-state index contributed by atoms with van der Waals surface area (Å²) in [7, 11) is 0. The van der Waals surface area contributed by atoms with Gasteiger partial charge in [0.1, 0.15) is 10.6 Å². The predicted molar refractivity (Wildman–Crippen MR) is 76.3 cm³/mol. The first-order valence-corrected chi connectivity index (χ1v) is 7.64. The summed E-state index contributed by atoms with van der Waals surface area (Å²) in [4.78, 5) is 4.53. The van der Waals surface area contributed by atoms with Crippen LogP contribution in [0, 0.1) is 6.92 Å². The molecule has 1 aliphatic rings. The van der Waals surface area contributed by atoms with Gasteiger partial charge in [-0.15, -0.1) is 0 Å². The molecule has 0 unspecified atom stereocenters. The largest absolute Gasteiger partial charge is 0.389 e. The van der Waals surface area contributed by atoms with Gasteiger partial charge in [-0.05, 0) is 51.1 Å². The number of hydrogen-bond acceptors (Lipinski definition) is 7. The quantitative estimate of drug-likeness (QED) is 0.933. The van der Waals surface area contributed by atoms with Crippen LogP contribution in [-0.2, 0) is 10.3 Å². The highest BCUT2D eigenvalue weighted by molar-refractivity contribution is 7.10. The van der Waals surface area contributed by atoms with E-state index in [1.807, 2.05) is 13.8 Å². The van der Waals surface area contributed by atoms with Gasteiger partial charge in [-0.3, -0.25) is 0 Å². The van der Waals surface area contributed by atoms with Gasteiger partial charge in [0.15, 0.2) is 0 Å². The number of nitrogens with two attached hydrogens (primary N) is 1. The van der Waals surface area contributed by atoms with Crippen LogP contribution in [0.4, 0.5) is 5.00 Å². The molecule has 2 N–H and O–H groups in total. The lowest BCUT2D eigenvalue weighted by molar-refractivity contribution is -0.0469. The van der Waals surface area contributed by atoms with Gasteiger partial charge in [-0.25, -0.2) is 0 Å². The lowest BCUT2D eigenvalue weighted by Gasteiger charge is -2.24. The zero-order valence-electron chi connectivity index (χ0n) is 11.7. The van der Waals surface area contributed by atoms with E-state index in [0.717, 1.165) is 36.9 Å². The molecule has 1 fully saturated rings. The second kappa shape index (κ2) is 5.14. The molecule has 2 aromatic heterocycles. The summed E-state index contributed by atoms with van der Waals surface area (Å²) in [6, 6.07) is 0. The third-order valence-corrected chi connectivity index (χ3v) is 4.53. The highest BCUT2D eigenvalue weighted by Gasteiger charge is 2.41. The zero-order chi connectivity index (χ0) is 14.2. The number of ether oxygens (including phenoxy) is 1. The Balaban J connectivity index is 1.97. The Morgan fingerprint density at radius 1 is 1.40 bits per heavy atom. The molecule has 20 heavy (non-hydrogen) atoms. The molecule has 108 valence electrons. The standard InChI is InChI=1S/C13H18N4O2S/c1-3-18-13(6-4-5-7-13)12-15-11(19-16-12)9-8(2)17-20-10(9)14/h3-7,14H2,1-2H3. The maximum Gasteiger partial charge on any atom is 0.262 e. The summed E-state index contributed by atoms with van der Waals surface area (Å²) >= 11 is 1.25. The number of aromatic nitrogens is 3. The van der Waals surface area contributed by atoms with Crippen molar-refractivity contribution in [1.29, 1.82) is 0 Å². The van der Waals surface area contributed by atoms with Gasteiger partial charge >= 0.3 is 0 Å². The highest BCUT2D eigenvalue weighted by Crippen LogP contribution is 2.42. The average Bonchev–Trinajstić information content (AvgIpc) is 3.11. The number of hydrogen-bond donors (Lipinski definition) is 1. The van der Waals surface area contributed by atoms with Gasteiger partial charge in [0.05, 0.1) is 11.3 Å². The average molecular weight is 294 g/mol. The van der Waals surface area contributed by atoms with E-state index in [2.05, 4.69) is 14.5 Å². The third kappa shape index (κ3) is 2.10. The van der Waals surface area contributed by atoms with Crippen LogP contribution in [0.1, 0.15) is 44.1 Å². The van der Waals surface area contributed by atoms with Crippen LogP contribution in [0.3, 0.4) is 0 Å². The molecule has 3 rings (SSSR count). The summed E-state index contributed by atoms with van der Waals surface area (Å²) in [5, 5.41) is 4.74. The number of anilines is 1. The smallest absolute Gasteiger partial charge is 0.262 e. The molecule has 0 amide bonds. The van der Waals surface area contributed by atoms with Crippen molar-refractivity contribution in [3.05, 3.63) is 11.5 Å². The van der Waals surface area contributed by atoms with Gasteiger partial charge in [0.25, 0.3) is 5.89 Å². The Hall–Kier alpha value is -1.47. The van der Waals surface area contributed by atoms with Crippen molar-refractivity contribution >= 4 is 16.5 Å². The molecule has 1 saturated carbocycles. The summed E-state index contributed by atoms with van der Waals surface area (Å²) in [6.07, 6.45) is 4.14. The van der Waals surface area contributed by atoms with Crippen LogP contribution in [-0.4, -0.2) is 21.1 Å². The second-order valence-electron chi connectivity index (χ2n) is 5.06. The van der Waals surface area contributed by atoms with Crippen LogP contribution in [0.2, 0.25) is 0 Å². The summed E-state index contributed by atoms with van der Waals surface area (Å²) < 4.78 is 15.5. The second-order valence-corrected chi connectivity index (χ2v) is 5.87. The third-order valence-electron chi connectivity index (χ3n) is 3.77. The predicted octanol–water partition coefficient (Wildman–Crippen LogP) is 2.89. The minimum atomic E-state index is -0.386. The molecule has 0 spiro atoms. The molecule has 0 saturated heterocycles. The normalized spacial score (nSPS) is 17.7. The van der Waals surface area contributed by atoms with Crippen LogP contribution >= 0.6 is 11.5 Å². The van der Waals surface area contributed by atoms with Gasteiger partial charge in [-0.2, -0.15) is 9.36 Å². The van der Waals surface area contributed by atoms with Crippen LogP contribution in [0.15, 0.2) is 4.52 Å². The first-order chi connectivity index (χ1) is 9.66. The Kier molecular flexibility index (Phi) is 3.47. The van der Waals surface area contributed by atoms with E-state index in [4.69, 9.17) is 15.0 Å². The van der Waals surface area contributed by atoms with E-state index in [-0.39, 0.29) is 5.60 Å². The molecular weight excluding hydrogens is 276 g/mol. The van der Waals surface area contributed by atoms with Crippen molar-refractivity contribution in [3.8, 4) is 11.5 Å². The number of aryl methyl sites for hydroxylation is 1. The summed E-state index contributed by atoms with van der Waals surface area (Å²) in [5.74, 6) is 1.08. The van der Waals surface area contributed by atoms with Crippen LogP contribution in [0.5, 0.6) is 0 Å². The fourth-order valence-electron chi connectivity index (χ4n) is 2.81. The Morgan fingerprint density at radius 2 is 2.15 bits per heavy atom. The monoisotopic (exact) mass is 294 g/mol. The van der Waals surface area contributed by atoms with Crippen molar-refractivity contribution in [2.24, 2.45) is 0 Å². The Labute approximate surface area is 121 Å². The van der Waals surface area contributed by atoms with Crippen molar-refractivity contribution in [3.63, 3.8) is 0 Å². The Morgan fingerprint density at radius 3 is 2.75 bits per heavy atom. The minimum Gasteiger partial charge on any atom is -0.389 e. The SMILES string of the molecule is CCOC1(c2noc(-c3c(C)nsc3N)n2)CCCC1. The first kappa shape index (κ1) is 13.5. The van der Waals surface area contributed by atoms with Gasteiger partial charge in [0, 0.05) is 6.61 Å². The summed E-state index contributed by atoms with van der Waals surface area (Å²) in [6.45, 7) is 4.52. The topological polar surface area (TPSA) is 87.1 Å².